The van der Waals surface area contributed by atoms with Gasteiger partial charge in [0, 0.05) is 47.5 Å². The standard InChI is InChI=1S/C24H20N4O/c1-15-4-7-20(10-16(15)2)28-23(29)9-6-18-12-25-22-8-5-17(11-21(22)24(18)28)19-13-26-27(3)14-19/h4-14H,1-3H3. The largest absolute Gasteiger partial charge is 0.276 e. The summed E-state index contributed by atoms with van der Waals surface area (Å²) in [6, 6.07) is 15.7. The van der Waals surface area contributed by atoms with Crippen LogP contribution in [0.1, 0.15) is 11.1 Å². The summed E-state index contributed by atoms with van der Waals surface area (Å²) in [5.41, 5.74) is 6.96. The molecule has 0 aliphatic rings. The molecule has 0 bridgehead atoms. The number of pyridine rings is 2. The molecule has 0 aliphatic heterocycles. The molecule has 0 amide bonds. The second kappa shape index (κ2) is 6.41. The van der Waals surface area contributed by atoms with Gasteiger partial charge in [0.05, 0.1) is 17.2 Å². The minimum absolute atomic E-state index is 0.0555. The first kappa shape index (κ1) is 17.4. The number of aryl methyl sites for hydroxylation is 3. The molecule has 5 rings (SSSR count). The third-order valence-corrected chi connectivity index (χ3v) is 5.50. The fraction of sp³-hybridized carbons (Fsp3) is 0.125. The lowest BCUT2D eigenvalue weighted by atomic mass is 10.0. The van der Waals surface area contributed by atoms with Gasteiger partial charge in [-0.3, -0.25) is 19.0 Å². The average Bonchev–Trinajstić information content (AvgIpc) is 3.16. The van der Waals surface area contributed by atoms with Crippen molar-refractivity contribution in [3.05, 3.63) is 88.6 Å². The van der Waals surface area contributed by atoms with E-state index in [4.69, 9.17) is 0 Å². The minimum Gasteiger partial charge on any atom is -0.276 e. The summed E-state index contributed by atoms with van der Waals surface area (Å²) < 4.78 is 3.57. The van der Waals surface area contributed by atoms with Crippen LogP contribution >= 0.6 is 0 Å². The van der Waals surface area contributed by atoms with E-state index in [1.54, 1.807) is 15.3 Å². The molecule has 0 fully saturated rings. The molecule has 0 radical (unpaired) electrons. The molecule has 0 saturated carbocycles. The van der Waals surface area contributed by atoms with Gasteiger partial charge in [0.15, 0.2) is 0 Å². The fourth-order valence-electron chi connectivity index (χ4n) is 3.78. The number of rotatable bonds is 2. The number of hydrogen-bond acceptors (Lipinski definition) is 3. The van der Waals surface area contributed by atoms with E-state index in [0.29, 0.717) is 0 Å². The maximum absolute atomic E-state index is 13.0. The van der Waals surface area contributed by atoms with Gasteiger partial charge in [-0.2, -0.15) is 5.10 Å². The Morgan fingerprint density at radius 3 is 2.48 bits per heavy atom. The molecule has 29 heavy (non-hydrogen) atoms. The molecule has 0 spiro atoms. The monoisotopic (exact) mass is 380 g/mol. The number of hydrogen-bond donors (Lipinski definition) is 0. The van der Waals surface area contributed by atoms with Crippen molar-refractivity contribution in [1.82, 2.24) is 19.3 Å². The number of nitrogens with zero attached hydrogens (tertiary/aromatic N) is 4. The summed E-state index contributed by atoms with van der Waals surface area (Å²) in [7, 11) is 1.90. The summed E-state index contributed by atoms with van der Waals surface area (Å²) in [5, 5.41) is 6.15. The van der Waals surface area contributed by atoms with Crippen molar-refractivity contribution < 1.29 is 0 Å². The Morgan fingerprint density at radius 1 is 0.862 bits per heavy atom. The maximum atomic E-state index is 13.0. The number of aromatic nitrogens is 4. The van der Waals surface area contributed by atoms with Crippen LogP contribution in [0.25, 0.3) is 38.6 Å². The van der Waals surface area contributed by atoms with Crippen molar-refractivity contribution in [2.45, 2.75) is 13.8 Å². The van der Waals surface area contributed by atoms with Gasteiger partial charge in [0.2, 0.25) is 0 Å². The van der Waals surface area contributed by atoms with E-state index in [1.165, 1.54) is 5.56 Å². The van der Waals surface area contributed by atoms with E-state index in [0.717, 1.165) is 44.2 Å². The van der Waals surface area contributed by atoms with Crippen molar-refractivity contribution in [1.29, 1.82) is 0 Å². The predicted octanol–water partition coefficient (Wildman–Crippen LogP) is 4.56. The van der Waals surface area contributed by atoms with Gasteiger partial charge in [-0.25, -0.2) is 0 Å². The third kappa shape index (κ3) is 2.83. The van der Waals surface area contributed by atoms with Crippen molar-refractivity contribution in [2.75, 3.05) is 0 Å². The van der Waals surface area contributed by atoms with Crippen LogP contribution < -0.4 is 5.56 Å². The van der Waals surface area contributed by atoms with Gasteiger partial charge in [-0.1, -0.05) is 12.1 Å². The van der Waals surface area contributed by atoms with Crippen LogP contribution in [0.2, 0.25) is 0 Å². The summed E-state index contributed by atoms with van der Waals surface area (Å²) >= 11 is 0. The Hall–Kier alpha value is -3.73. The molecule has 0 aliphatic carbocycles. The minimum atomic E-state index is -0.0555. The van der Waals surface area contributed by atoms with Gasteiger partial charge >= 0.3 is 0 Å². The first-order chi connectivity index (χ1) is 14.0. The quantitative estimate of drug-likeness (QED) is 0.422. The van der Waals surface area contributed by atoms with Gasteiger partial charge in [0.1, 0.15) is 0 Å². The van der Waals surface area contributed by atoms with Crippen LogP contribution in [-0.4, -0.2) is 19.3 Å². The fourth-order valence-corrected chi connectivity index (χ4v) is 3.78. The van der Waals surface area contributed by atoms with Gasteiger partial charge in [-0.15, -0.1) is 0 Å². The molecule has 142 valence electrons. The lowest BCUT2D eigenvalue weighted by Gasteiger charge is -2.14. The zero-order valence-electron chi connectivity index (χ0n) is 16.5. The molecule has 0 atom stereocenters. The van der Waals surface area contributed by atoms with Gasteiger partial charge in [-0.05, 0) is 60.9 Å². The van der Waals surface area contributed by atoms with E-state index in [-0.39, 0.29) is 5.56 Å². The highest BCUT2D eigenvalue weighted by atomic mass is 16.1. The molecule has 5 heteroatoms. The van der Waals surface area contributed by atoms with Gasteiger partial charge in [0.25, 0.3) is 5.56 Å². The van der Waals surface area contributed by atoms with Crippen LogP contribution in [-0.2, 0) is 7.05 Å². The smallest absolute Gasteiger partial charge is 0.255 e. The molecule has 0 saturated heterocycles. The SMILES string of the molecule is Cc1ccc(-n2c(=O)ccc3cnc4ccc(-c5cnn(C)c5)cc4c32)cc1C. The molecular formula is C24H20N4O. The van der Waals surface area contributed by atoms with Crippen molar-refractivity contribution in [3.63, 3.8) is 0 Å². The normalized spacial score (nSPS) is 11.4. The van der Waals surface area contributed by atoms with E-state index >= 15 is 0 Å². The van der Waals surface area contributed by atoms with E-state index in [2.05, 4.69) is 42.1 Å². The summed E-state index contributed by atoms with van der Waals surface area (Å²) in [6.07, 6.45) is 5.66. The Bertz CT molecular complexity index is 1460. The predicted molar refractivity (Wildman–Crippen MR) is 117 cm³/mol. The first-order valence-corrected chi connectivity index (χ1v) is 9.52. The topological polar surface area (TPSA) is 52.7 Å². The summed E-state index contributed by atoms with van der Waals surface area (Å²) in [5.74, 6) is 0. The van der Waals surface area contributed by atoms with E-state index in [9.17, 15) is 4.79 Å². The zero-order valence-corrected chi connectivity index (χ0v) is 16.5. The lowest BCUT2D eigenvalue weighted by Crippen LogP contribution is -2.18. The molecule has 0 N–H and O–H groups in total. The van der Waals surface area contributed by atoms with Crippen LogP contribution in [0, 0.1) is 13.8 Å². The molecule has 5 nitrogen and oxygen atoms in total. The van der Waals surface area contributed by atoms with Crippen LogP contribution in [0.4, 0.5) is 0 Å². The van der Waals surface area contributed by atoms with Crippen molar-refractivity contribution >= 4 is 21.8 Å². The zero-order chi connectivity index (χ0) is 20.1. The Kier molecular flexibility index (Phi) is 3.84. The third-order valence-electron chi connectivity index (χ3n) is 5.50. The van der Waals surface area contributed by atoms with E-state index < -0.39 is 0 Å². The van der Waals surface area contributed by atoms with E-state index in [1.807, 2.05) is 49.9 Å². The Morgan fingerprint density at radius 2 is 1.72 bits per heavy atom. The second-order valence-electron chi connectivity index (χ2n) is 7.47. The lowest BCUT2D eigenvalue weighted by molar-refractivity contribution is 0.768. The molecule has 3 aromatic heterocycles. The van der Waals surface area contributed by atoms with Crippen molar-refractivity contribution in [3.8, 4) is 16.8 Å². The molecule has 5 aromatic rings. The average molecular weight is 380 g/mol. The summed E-state index contributed by atoms with van der Waals surface area (Å²) in [6.45, 7) is 4.14. The number of fused-ring (bicyclic) bond motifs is 3. The Labute approximate surface area is 167 Å². The first-order valence-electron chi connectivity index (χ1n) is 9.52. The van der Waals surface area contributed by atoms with Crippen molar-refractivity contribution in [2.24, 2.45) is 7.05 Å². The van der Waals surface area contributed by atoms with Gasteiger partial charge < -0.3 is 0 Å². The van der Waals surface area contributed by atoms with Crippen LogP contribution in [0.3, 0.4) is 0 Å². The molecule has 0 unspecified atom stereocenters. The van der Waals surface area contributed by atoms with Crippen LogP contribution in [0.5, 0.6) is 0 Å². The molecule has 3 heterocycles. The number of benzene rings is 2. The highest BCUT2D eigenvalue weighted by Crippen LogP contribution is 2.29. The molecular weight excluding hydrogens is 360 g/mol. The highest BCUT2D eigenvalue weighted by molar-refractivity contribution is 6.05. The highest BCUT2D eigenvalue weighted by Gasteiger charge is 2.12. The summed E-state index contributed by atoms with van der Waals surface area (Å²) in [4.78, 5) is 17.6. The molecule has 2 aromatic carbocycles. The maximum Gasteiger partial charge on any atom is 0.255 e. The van der Waals surface area contributed by atoms with Crippen LogP contribution in [0.15, 0.2) is 71.9 Å². The Balaban J connectivity index is 1.89. The second-order valence-corrected chi connectivity index (χ2v) is 7.47.